The topological polar surface area (TPSA) is 169 Å². The number of carbonyl (C=O) groups is 1. The standard InChI is InChI=1S/C54H103NO9/c1-3-5-7-9-11-13-15-17-19-21-22-23-24-25-27-29-31-33-35-37-39-41-43-48(58)53(62)55-46(45-63-54-52(61)51(60)50(59)49(44-56)64-54)47(57)42-40-38-36-34-32-30-28-26-20-18-16-14-12-10-8-6-4-2/h32,34,40,42,46-52,54,56-61H,3-31,33,35-39,41,43-45H2,1-2H3,(H,55,62)/b34-32+,42-40+. The second-order valence-electron chi connectivity index (χ2n) is 19.2. The average Bonchev–Trinajstić information content (AvgIpc) is 3.29. The molecule has 1 heterocycles. The molecule has 10 heteroatoms. The van der Waals surface area contributed by atoms with E-state index in [2.05, 4.69) is 31.3 Å². The van der Waals surface area contributed by atoms with Crippen LogP contribution in [-0.2, 0) is 14.3 Å². The molecule has 0 bridgehead atoms. The molecular formula is C54H103NO9. The minimum Gasteiger partial charge on any atom is -0.394 e. The molecule has 0 aromatic carbocycles. The molecule has 0 saturated carbocycles. The van der Waals surface area contributed by atoms with Gasteiger partial charge in [-0.15, -0.1) is 0 Å². The second kappa shape index (κ2) is 44.2. The molecule has 0 aliphatic carbocycles. The van der Waals surface area contributed by atoms with E-state index in [1.54, 1.807) is 6.08 Å². The second-order valence-corrected chi connectivity index (χ2v) is 19.2. The summed E-state index contributed by atoms with van der Waals surface area (Å²) in [5.41, 5.74) is 0. The highest BCUT2D eigenvalue weighted by Gasteiger charge is 2.44. The maximum Gasteiger partial charge on any atom is 0.249 e. The van der Waals surface area contributed by atoms with Gasteiger partial charge in [-0.05, 0) is 32.1 Å². The molecule has 7 N–H and O–H groups in total. The monoisotopic (exact) mass is 910 g/mol. The number of ether oxygens (including phenoxy) is 2. The van der Waals surface area contributed by atoms with Gasteiger partial charge >= 0.3 is 0 Å². The van der Waals surface area contributed by atoms with Gasteiger partial charge in [-0.3, -0.25) is 4.79 Å². The van der Waals surface area contributed by atoms with Crippen LogP contribution in [0, 0.1) is 0 Å². The van der Waals surface area contributed by atoms with Gasteiger partial charge in [-0.25, -0.2) is 0 Å². The van der Waals surface area contributed by atoms with Crippen LogP contribution in [0.15, 0.2) is 24.3 Å². The lowest BCUT2D eigenvalue weighted by Gasteiger charge is -2.40. The van der Waals surface area contributed by atoms with E-state index in [-0.39, 0.29) is 6.61 Å². The Balaban J connectivity index is 2.32. The summed E-state index contributed by atoms with van der Waals surface area (Å²) in [6.45, 7) is 3.62. The molecule has 0 spiro atoms. The van der Waals surface area contributed by atoms with E-state index in [9.17, 15) is 35.4 Å². The van der Waals surface area contributed by atoms with Crippen LogP contribution >= 0.6 is 0 Å². The number of amides is 1. The molecule has 64 heavy (non-hydrogen) atoms. The largest absolute Gasteiger partial charge is 0.394 e. The van der Waals surface area contributed by atoms with Crippen molar-refractivity contribution in [3.8, 4) is 0 Å². The predicted molar refractivity (Wildman–Crippen MR) is 264 cm³/mol. The molecule has 0 aromatic heterocycles. The van der Waals surface area contributed by atoms with Crippen LogP contribution in [0.3, 0.4) is 0 Å². The van der Waals surface area contributed by atoms with Crippen molar-refractivity contribution in [1.29, 1.82) is 0 Å². The Morgan fingerprint density at radius 3 is 1.36 bits per heavy atom. The Labute approximate surface area is 392 Å². The molecule has 1 amide bonds. The van der Waals surface area contributed by atoms with E-state index in [1.165, 1.54) is 186 Å². The first-order chi connectivity index (χ1) is 31.3. The lowest BCUT2D eigenvalue weighted by molar-refractivity contribution is -0.302. The van der Waals surface area contributed by atoms with E-state index in [0.29, 0.717) is 12.8 Å². The van der Waals surface area contributed by atoms with Crippen molar-refractivity contribution < 1.29 is 44.9 Å². The third-order valence-corrected chi connectivity index (χ3v) is 13.1. The molecule has 1 saturated heterocycles. The lowest BCUT2D eigenvalue weighted by Crippen LogP contribution is -2.60. The van der Waals surface area contributed by atoms with Crippen molar-refractivity contribution in [1.82, 2.24) is 5.32 Å². The molecule has 0 radical (unpaired) electrons. The Hall–Kier alpha value is -1.37. The minimum absolute atomic E-state index is 0.308. The molecule has 1 rings (SSSR count). The van der Waals surface area contributed by atoms with E-state index < -0.39 is 61.5 Å². The zero-order valence-electron chi connectivity index (χ0n) is 41.4. The van der Waals surface area contributed by atoms with Gasteiger partial charge < -0.3 is 45.4 Å². The lowest BCUT2D eigenvalue weighted by atomic mass is 9.99. The van der Waals surface area contributed by atoms with Crippen molar-refractivity contribution in [3.05, 3.63) is 24.3 Å². The van der Waals surface area contributed by atoms with Gasteiger partial charge in [-0.2, -0.15) is 0 Å². The Morgan fingerprint density at radius 1 is 0.531 bits per heavy atom. The number of rotatable bonds is 46. The number of hydrogen-bond donors (Lipinski definition) is 7. The summed E-state index contributed by atoms with van der Waals surface area (Å²) in [6.07, 6.45) is 44.2. The third-order valence-electron chi connectivity index (χ3n) is 13.1. The highest BCUT2D eigenvalue weighted by atomic mass is 16.7. The van der Waals surface area contributed by atoms with E-state index in [1.807, 2.05) is 6.08 Å². The Morgan fingerprint density at radius 2 is 0.922 bits per heavy atom. The SMILES string of the molecule is CCCCCCCCCCCCC/C=C/CC/C=C/C(O)C(COC1OC(CO)C(O)C(O)C1O)NC(=O)C(O)CCCCCCCCCCCCCCCCCCCCCCCC. The maximum absolute atomic E-state index is 13.1. The van der Waals surface area contributed by atoms with Crippen molar-refractivity contribution in [2.45, 2.75) is 300 Å². The number of allylic oxidation sites excluding steroid dienone is 3. The smallest absolute Gasteiger partial charge is 0.249 e. The predicted octanol–water partition coefficient (Wildman–Crippen LogP) is 11.6. The normalized spacial score (nSPS) is 20.7. The summed E-state index contributed by atoms with van der Waals surface area (Å²) in [7, 11) is 0. The molecular weight excluding hydrogens is 807 g/mol. The van der Waals surface area contributed by atoms with E-state index in [0.717, 1.165) is 38.5 Å². The summed E-state index contributed by atoms with van der Waals surface area (Å²) in [5.74, 6) is -0.622. The van der Waals surface area contributed by atoms with Crippen LogP contribution in [0.1, 0.15) is 251 Å². The van der Waals surface area contributed by atoms with Crippen molar-refractivity contribution in [2.75, 3.05) is 13.2 Å². The zero-order chi connectivity index (χ0) is 46.7. The fourth-order valence-corrected chi connectivity index (χ4v) is 8.71. The first kappa shape index (κ1) is 60.6. The van der Waals surface area contributed by atoms with Crippen molar-refractivity contribution in [3.63, 3.8) is 0 Å². The van der Waals surface area contributed by atoms with Crippen LogP contribution in [0.25, 0.3) is 0 Å². The number of aliphatic hydroxyl groups is 6. The van der Waals surface area contributed by atoms with Gasteiger partial charge in [0.2, 0.25) is 5.91 Å². The summed E-state index contributed by atoms with van der Waals surface area (Å²) in [5, 5.41) is 64.9. The molecule has 8 unspecified atom stereocenters. The summed E-state index contributed by atoms with van der Waals surface area (Å²) < 4.78 is 11.2. The fourth-order valence-electron chi connectivity index (χ4n) is 8.71. The third kappa shape index (κ3) is 33.2. The van der Waals surface area contributed by atoms with Crippen molar-refractivity contribution >= 4 is 5.91 Å². The van der Waals surface area contributed by atoms with Gasteiger partial charge in [0, 0.05) is 0 Å². The Bertz CT molecular complexity index is 1070. The number of nitrogens with one attached hydrogen (secondary N) is 1. The molecule has 378 valence electrons. The molecule has 0 aromatic rings. The highest BCUT2D eigenvalue weighted by molar-refractivity contribution is 5.80. The molecule has 10 nitrogen and oxygen atoms in total. The Kier molecular flexibility index (Phi) is 41.8. The van der Waals surface area contributed by atoms with Gasteiger partial charge in [0.05, 0.1) is 25.4 Å². The number of hydrogen-bond acceptors (Lipinski definition) is 9. The zero-order valence-corrected chi connectivity index (χ0v) is 41.4. The molecule has 1 aliphatic heterocycles. The fraction of sp³-hybridized carbons (Fsp3) is 0.907. The molecule has 1 fully saturated rings. The first-order valence-electron chi connectivity index (χ1n) is 27.2. The van der Waals surface area contributed by atoms with Crippen LogP contribution < -0.4 is 5.32 Å². The molecule has 1 aliphatic rings. The van der Waals surface area contributed by atoms with Crippen molar-refractivity contribution in [2.24, 2.45) is 0 Å². The van der Waals surface area contributed by atoms with Crippen LogP contribution in [-0.4, -0.2) is 98.7 Å². The van der Waals surface area contributed by atoms with Gasteiger partial charge in [-0.1, -0.05) is 244 Å². The van der Waals surface area contributed by atoms with Gasteiger partial charge in [0.25, 0.3) is 0 Å². The van der Waals surface area contributed by atoms with Crippen LogP contribution in [0.5, 0.6) is 0 Å². The summed E-state index contributed by atoms with van der Waals surface area (Å²) in [6, 6.07) is -0.994. The highest BCUT2D eigenvalue weighted by Crippen LogP contribution is 2.23. The van der Waals surface area contributed by atoms with Crippen LogP contribution in [0.2, 0.25) is 0 Å². The first-order valence-corrected chi connectivity index (χ1v) is 27.2. The average molecular weight is 910 g/mol. The number of carbonyl (C=O) groups excluding carboxylic acids is 1. The quantitative estimate of drug-likeness (QED) is 0.0232. The number of unbranched alkanes of at least 4 members (excludes halogenated alkanes) is 33. The minimum atomic E-state index is -1.61. The van der Waals surface area contributed by atoms with Crippen LogP contribution in [0.4, 0.5) is 0 Å². The van der Waals surface area contributed by atoms with Gasteiger partial charge in [0.1, 0.15) is 30.5 Å². The molecule has 8 atom stereocenters. The summed E-state index contributed by atoms with van der Waals surface area (Å²) in [4.78, 5) is 13.1. The van der Waals surface area contributed by atoms with E-state index in [4.69, 9.17) is 9.47 Å². The van der Waals surface area contributed by atoms with Gasteiger partial charge in [0.15, 0.2) is 6.29 Å². The summed E-state index contributed by atoms with van der Waals surface area (Å²) >= 11 is 0. The van der Waals surface area contributed by atoms with E-state index >= 15 is 0 Å². The maximum atomic E-state index is 13.1. The number of aliphatic hydroxyl groups excluding tert-OH is 6.